The van der Waals surface area contributed by atoms with Gasteiger partial charge in [-0.1, -0.05) is 12.1 Å². The van der Waals surface area contributed by atoms with Crippen LogP contribution in [0.1, 0.15) is 5.56 Å². The van der Waals surface area contributed by atoms with E-state index in [0.717, 1.165) is 5.56 Å². The number of phenolic OH excluding ortho intramolecular Hbond substituents is 1. The molecule has 2 N–H and O–H groups in total. The van der Waals surface area contributed by atoms with E-state index in [9.17, 15) is 4.79 Å². The number of amides is 1. The van der Waals surface area contributed by atoms with Crippen LogP contribution in [0.3, 0.4) is 0 Å². The highest BCUT2D eigenvalue weighted by Gasteiger charge is 2.06. The Bertz CT molecular complexity index is 517. The molecular weight excluding hydrogens is 218 g/mol. The summed E-state index contributed by atoms with van der Waals surface area (Å²) >= 11 is 0. The molecule has 17 heavy (non-hydrogen) atoms. The summed E-state index contributed by atoms with van der Waals surface area (Å²) in [6, 6.07) is 6.55. The Morgan fingerprint density at radius 2 is 2.12 bits per heavy atom. The molecule has 0 saturated heterocycles. The number of nitrogens with zero attached hydrogens (tertiary/aromatic N) is 2. The number of hydrogen-bond acceptors (Lipinski definition) is 3. The van der Waals surface area contributed by atoms with Crippen molar-refractivity contribution in [2.45, 2.75) is 6.42 Å². The average Bonchev–Trinajstić information content (AvgIpc) is 2.68. The predicted octanol–water partition coefficient (Wildman–Crippen LogP) is 1.31. The van der Waals surface area contributed by atoms with Gasteiger partial charge in [-0.15, -0.1) is 0 Å². The molecule has 0 spiro atoms. The second-order valence-corrected chi connectivity index (χ2v) is 3.75. The molecule has 1 heterocycles. The maximum absolute atomic E-state index is 11.7. The Hall–Kier alpha value is -2.30. The van der Waals surface area contributed by atoms with Crippen LogP contribution in [0.5, 0.6) is 5.75 Å². The van der Waals surface area contributed by atoms with Gasteiger partial charge in [-0.25, -0.2) is 4.98 Å². The molecule has 2 aromatic rings. The van der Waals surface area contributed by atoms with Crippen LogP contribution in [-0.4, -0.2) is 20.6 Å². The van der Waals surface area contributed by atoms with Gasteiger partial charge in [-0.05, 0) is 17.7 Å². The predicted molar refractivity (Wildman–Crippen MR) is 63.6 cm³/mol. The standard InChI is InChI=1S/C12H13N3O2/c1-15-7-6-13-12(15)14-11(17)8-9-2-4-10(16)5-3-9/h2-7,16H,8H2,1H3,(H,13,14,17). The topological polar surface area (TPSA) is 67.2 Å². The first-order valence-electron chi connectivity index (χ1n) is 5.20. The van der Waals surface area contributed by atoms with E-state index < -0.39 is 0 Å². The molecule has 2 rings (SSSR count). The highest BCUT2D eigenvalue weighted by Crippen LogP contribution is 2.10. The Morgan fingerprint density at radius 3 is 2.71 bits per heavy atom. The Balaban J connectivity index is 1.98. The smallest absolute Gasteiger partial charge is 0.231 e. The number of aromatic hydroxyl groups is 1. The highest BCUT2D eigenvalue weighted by atomic mass is 16.3. The molecule has 0 saturated carbocycles. The van der Waals surface area contributed by atoms with Crippen molar-refractivity contribution in [1.82, 2.24) is 9.55 Å². The van der Waals surface area contributed by atoms with Crippen LogP contribution < -0.4 is 5.32 Å². The van der Waals surface area contributed by atoms with Crippen molar-refractivity contribution in [3.63, 3.8) is 0 Å². The Labute approximate surface area is 98.7 Å². The zero-order chi connectivity index (χ0) is 12.3. The monoisotopic (exact) mass is 231 g/mol. The van der Waals surface area contributed by atoms with E-state index in [0.29, 0.717) is 5.95 Å². The Kier molecular flexibility index (Phi) is 3.09. The van der Waals surface area contributed by atoms with Gasteiger partial charge in [0.05, 0.1) is 6.42 Å². The summed E-state index contributed by atoms with van der Waals surface area (Å²) in [7, 11) is 1.81. The highest BCUT2D eigenvalue weighted by molar-refractivity contribution is 5.90. The summed E-state index contributed by atoms with van der Waals surface area (Å²) in [6.07, 6.45) is 3.64. The maximum Gasteiger partial charge on any atom is 0.231 e. The van der Waals surface area contributed by atoms with Gasteiger partial charge in [0.1, 0.15) is 5.75 Å². The number of nitrogens with one attached hydrogen (secondary N) is 1. The molecule has 0 unspecified atom stereocenters. The van der Waals surface area contributed by atoms with Crippen molar-refractivity contribution in [2.75, 3.05) is 5.32 Å². The minimum absolute atomic E-state index is 0.134. The van der Waals surface area contributed by atoms with Gasteiger partial charge in [-0.2, -0.15) is 0 Å². The van der Waals surface area contributed by atoms with Crippen LogP contribution >= 0.6 is 0 Å². The molecular formula is C12H13N3O2. The number of rotatable bonds is 3. The lowest BCUT2D eigenvalue weighted by Crippen LogP contribution is -2.16. The van der Waals surface area contributed by atoms with Gasteiger partial charge in [0.2, 0.25) is 11.9 Å². The van der Waals surface area contributed by atoms with Crippen LogP contribution in [0.15, 0.2) is 36.7 Å². The second kappa shape index (κ2) is 4.69. The van der Waals surface area contributed by atoms with Gasteiger partial charge < -0.3 is 9.67 Å². The van der Waals surface area contributed by atoms with Crippen LogP contribution in [0, 0.1) is 0 Å². The van der Waals surface area contributed by atoms with Gasteiger partial charge >= 0.3 is 0 Å². The fourth-order valence-electron chi connectivity index (χ4n) is 1.45. The molecule has 1 amide bonds. The lowest BCUT2D eigenvalue weighted by Gasteiger charge is -2.04. The summed E-state index contributed by atoms with van der Waals surface area (Å²) in [6.45, 7) is 0. The molecule has 1 aromatic heterocycles. The first-order valence-corrected chi connectivity index (χ1v) is 5.20. The largest absolute Gasteiger partial charge is 0.508 e. The number of imidazole rings is 1. The van der Waals surface area contributed by atoms with Gasteiger partial charge in [0, 0.05) is 19.4 Å². The van der Waals surface area contributed by atoms with Gasteiger partial charge in [-0.3, -0.25) is 10.1 Å². The number of phenols is 1. The van der Waals surface area contributed by atoms with E-state index in [4.69, 9.17) is 5.11 Å². The fraction of sp³-hybridized carbons (Fsp3) is 0.167. The molecule has 5 heteroatoms. The molecule has 0 fully saturated rings. The third-order valence-electron chi connectivity index (χ3n) is 2.37. The molecule has 0 aliphatic heterocycles. The van der Waals surface area contributed by atoms with Crippen LogP contribution in [0.25, 0.3) is 0 Å². The van der Waals surface area contributed by atoms with E-state index in [1.165, 1.54) is 0 Å². The summed E-state index contributed by atoms with van der Waals surface area (Å²) < 4.78 is 1.73. The number of aromatic nitrogens is 2. The van der Waals surface area contributed by atoms with Crippen molar-refractivity contribution >= 4 is 11.9 Å². The van der Waals surface area contributed by atoms with Crippen molar-refractivity contribution in [3.8, 4) is 5.75 Å². The molecule has 1 aromatic carbocycles. The quantitative estimate of drug-likeness (QED) is 0.836. The van der Waals surface area contributed by atoms with E-state index in [1.807, 2.05) is 7.05 Å². The van der Waals surface area contributed by atoms with Crippen molar-refractivity contribution in [2.24, 2.45) is 7.05 Å². The summed E-state index contributed by atoms with van der Waals surface area (Å²) in [5.41, 5.74) is 0.842. The summed E-state index contributed by atoms with van der Waals surface area (Å²) in [4.78, 5) is 15.7. The van der Waals surface area contributed by atoms with Crippen molar-refractivity contribution < 1.29 is 9.90 Å². The molecule has 5 nitrogen and oxygen atoms in total. The molecule has 88 valence electrons. The molecule has 0 bridgehead atoms. The van der Waals surface area contributed by atoms with Crippen molar-refractivity contribution in [3.05, 3.63) is 42.2 Å². The number of carbonyl (C=O) groups is 1. The number of benzene rings is 1. The second-order valence-electron chi connectivity index (χ2n) is 3.75. The molecule has 0 radical (unpaired) electrons. The van der Waals surface area contributed by atoms with E-state index in [1.54, 1.807) is 41.2 Å². The minimum atomic E-state index is -0.134. The van der Waals surface area contributed by atoms with Crippen LogP contribution in [-0.2, 0) is 18.3 Å². The van der Waals surface area contributed by atoms with Crippen LogP contribution in [0.2, 0.25) is 0 Å². The molecule has 0 aliphatic carbocycles. The Morgan fingerprint density at radius 1 is 1.41 bits per heavy atom. The normalized spacial score (nSPS) is 10.2. The summed E-state index contributed by atoms with van der Waals surface area (Å²) in [5, 5.41) is 11.8. The third-order valence-corrected chi connectivity index (χ3v) is 2.37. The van der Waals surface area contributed by atoms with Gasteiger partial charge in [0.15, 0.2) is 0 Å². The lowest BCUT2D eigenvalue weighted by atomic mass is 10.1. The van der Waals surface area contributed by atoms with Gasteiger partial charge in [0.25, 0.3) is 0 Å². The van der Waals surface area contributed by atoms with Crippen LogP contribution in [0.4, 0.5) is 5.95 Å². The first kappa shape index (κ1) is 11.2. The number of anilines is 1. The number of aryl methyl sites for hydroxylation is 1. The first-order chi connectivity index (χ1) is 8.15. The van der Waals surface area contributed by atoms with E-state index in [2.05, 4.69) is 10.3 Å². The van der Waals surface area contributed by atoms with Crippen molar-refractivity contribution in [1.29, 1.82) is 0 Å². The zero-order valence-corrected chi connectivity index (χ0v) is 9.42. The summed E-state index contributed by atoms with van der Waals surface area (Å²) in [5.74, 6) is 0.581. The average molecular weight is 231 g/mol. The zero-order valence-electron chi connectivity index (χ0n) is 9.42. The number of hydrogen-bond donors (Lipinski definition) is 2. The number of carbonyl (C=O) groups excluding carboxylic acids is 1. The fourth-order valence-corrected chi connectivity index (χ4v) is 1.45. The van der Waals surface area contributed by atoms with E-state index in [-0.39, 0.29) is 18.1 Å². The molecule has 0 aliphatic rings. The SMILES string of the molecule is Cn1ccnc1NC(=O)Cc1ccc(O)cc1. The maximum atomic E-state index is 11.7. The minimum Gasteiger partial charge on any atom is -0.508 e. The lowest BCUT2D eigenvalue weighted by molar-refractivity contribution is -0.115. The van der Waals surface area contributed by atoms with E-state index >= 15 is 0 Å². The molecule has 0 atom stereocenters. The third kappa shape index (κ3) is 2.84.